The van der Waals surface area contributed by atoms with E-state index in [1.807, 2.05) is 39.2 Å². The van der Waals surface area contributed by atoms with E-state index in [0.29, 0.717) is 11.1 Å². The molecule has 0 atom stereocenters. The maximum atomic E-state index is 7.86. The summed E-state index contributed by atoms with van der Waals surface area (Å²) in [6.07, 6.45) is 0. The maximum absolute atomic E-state index is 7.86. The molecule has 1 N–H and O–H groups in total. The zero-order valence-electron chi connectivity index (χ0n) is 12.5. The fourth-order valence-corrected chi connectivity index (χ4v) is 2.40. The number of fused-ring (bicyclic) bond motifs is 2. The zero-order valence-corrected chi connectivity index (χ0v) is 13.3. The normalized spacial score (nSPS) is 10.7. The van der Waals surface area contributed by atoms with Gasteiger partial charge in [-0.05, 0) is 37.1 Å². The van der Waals surface area contributed by atoms with Crippen LogP contribution in [0.1, 0.15) is 11.1 Å². The smallest absolute Gasteiger partial charge is 0.155 e. The lowest BCUT2D eigenvalue weighted by molar-refractivity contribution is 0.611. The van der Waals surface area contributed by atoms with Crippen molar-refractivity contribution in [1.82, 2.24) is 4.98 Å². The van der Waals surface area contributed by atoms with Gasteiger partial charge in [-0.3, -0.25) is 0 Å². The SMILES string of the molecule is Cc1cc2nc3cc(C)c(=N)cc-3oc2cc1N(C)C.Cl. The van der Waals surface area contributed by atoms with Crippen LogP contribution >= 0.6 is 12.4 Å². The van der Waals surface area contributed by atoms with Gasteiger partial charge >= 0.3 is 0 Å². The third-order valence-corrected chi connectivity index (χ3v) is 3.53. The lowest BCUT2D eigenvalue weighted by atomic mass is 10.1. The summed E-state index contributed by atoms with van der Waals surface area (Å²) in [7, 11) is 4.02. The lowest BCUT2D eigenvalue weighted by Crippen LogP contribution is -2.10. The predicted octanol–water partition coefficient (Wildman–Crippen LogP) is 3.52. The van der Waals surface area contributed by atoms with E-state index >= 15 is 0 Å². The fraction of sp³-hybridized carbons (Fsp3) is 0.250. The minimum atomic E-state index is 0. The molecule has 0 amide bonds. The number of aryl methyl sites for hydroxylation is 2. The Labute approximate surface area is 129 Å². The Morgan fingerprint density at radius 1 is 1.05 bits per heavy atom. The lowest BCUT2D eigenvalue weighted by Gasteiger charge is -2.16. The molecule has 3 rings (SSSR count). The van der Waals surface area contributed by atoms with E-state index in [9.17, 15) is 0 Å². The van der Waals surface area contributed by atoms with Gasteiger partial charge in [0.15, 0.2) is 11.3 Å². The molecule has 1 aromatic rings. The van der Waals surface area contributed by atoms with Crippen molar-refractivity contribution in [3.8, 4) is 11.5 Å². The van der Waals surface area contributed by atoms with E-state index in [-0.39, 0.29) is 12.4 Å². The van der Waals surface area contributed by atoms with Gasteiger partial charge in [0.1, 0.15) is 11.2 Å². The summed E-state index contributed by atoms with van der Waals surface area (Å²) < 4.78 is 5.92. The molecule has 21 heavy (non-hydrogen) atoms. The number of benzene rings is 2. The highest BCUT2D eigenvalue weighted by Gasteiger charge is 2.12. The third kappa shape index (κ3) is 2.59. The largest absolute Gasteiger partial charge is 0.453 e. The van der Waals surface area contributed by atoms with Gasteiger partial charge in [-0.2, -0.15) is 0 Å². The fourth-order valence-electron chi connectivity index (χ4n) is 2.40. The summed E-state index contributed by atoms with van der Waals surface area (Å²) in [6, 6.07) is 7.67. The van der Waals surface area contributed by atoms with Crippen LogP contribution in [0.5, 0.6) is 0 Å². The molecule has 0 aromatic heterocycles. The number of rotatable bonds is 1. The molecule has 1 aliphatic heterocycles. The topological polar surface area (TPSA) is 53.1 Å². The molecule has 0 saturated heterocycles. The second-order valence-corrected chi connectivity index (χ2v) is 5.35. The number of nitrogens with zero attached hydrogens (tertiary/aromatic N) is 2. The highest BCUT2D eigenvalue weighted by Crippen LogP contribution is 2.29. The molecule has 2 aliphatic rings. The summed E-state index contributed by atoms with van der Waals surface area (Å²) in [6.45, 7) is 3.98. The quantitative estimate of drug-likeness (QED) is 0.700. The van der Waals surface area contributed by atoms with Crippen LogP contribution in [0, 0.1) is 19.3 Å². The average Bonchev–Trinajstić information content (AvgIpc) is 2.37. The number of anilines is 1. The summed E-state index contributed by atoms with van der Waals surface area (Å²) in [5.41, 5.74) is 5.57. The van der Waals surface area contributed by atoms with Gasteiger partial charge in [0, 0.05) is 31.9 Å². The molecule has 0 bridgehead atoms. The Morgan fingerprint density at radius 2 is 1.76 bits per heavy atom. The van der Waals surface area contributed by atoms with Gasteiger partial charge < -0.3 is 14.7 Å². The van der Waals surface area contributed by atoms with Crippen LogP contribution in [0.2, 0.25) is 0 Å². The summed E-state index contributed by atoms with van der Waals surface area (Å²) in [4.78, 5) is 6.70. The highest BCUT2D eigenvalue weighted by atomic mass is 35.5. The minimum absolute atomic E-state index is 0. The Balaban J connectivity index is 0.00000161. The van der Waals surface area contributed by atoms with Gasteiger partial charge in [0.25, 0.3) is 0 Å². The Hall–Kier alpha value is -2.07. The molecule has 0 fully saturated rings. The van der Waals surface area contributed by atoms with Crippen LogP contribution in [-0.2, 0) is 0 Å². The molecule has 0 radical (unpaired) electrons. The van der Waals surface area contributed by atoms with Crippen molar-refractivity contribution in [3.05, 3.63) is 40.7 Å². The van der Waals surface area contributed by atoms with Crippen molar-refractivity contribution >= 4 is 29.2 Å². The van der Waals surface area contributed by atoms with Gasteiger partial charge in [0.2, 0.25) is 0 Å². The molecule has 4 nitrogen and oxygen atoms in total. The Morgan fingerprint density at radius 3 is 2.43 bits per heavy atom. The van der Waals surface area contributed by atoms with E-state index < -0.39 is 0 Å². The van der Waals surface area contributed by atoms with Crippen LogP contribution in [0.15, 0.2) is 28.7 Å². The van der Waals surface area contributed by atoms with E-state index in [2.05, 4.69) is 16.8 Å². The van der Waals surface area contributed by atoms with Crippen molar-refractivity contribution in [2.24, 2.45) is 0 Å². The molecule has 0 saturated carbocycles. The monoisotopic (exact) mass is 303 g/mol. The van der Waals surface area contributed by atoms with Crippen LogP contribution in [0.4, 0.5) is 5.69 Å². The van der Waals surface area contributed by atoms with Gasteiger partial charge in [-0.25, -0.2) is 4.98 Å². The maximum Gasteiger partial charge on any atom is 0.155 e. The molecule has 0 spiro atoms. The van der Waals surface area contributed by atoms with Crippen molar-refractivity contribution in [3.63, 3.8) is 0 Å². The van der Waals surface area contributed by atoms with Crippen molar-refractivity contribution in [1.29, 1.82) is 5.41 Å². The molecule has 110 valence electrons. The first-order chi connectivity index (χ1) is 9.45. The van der Waals surface area contributed by atoms with Crippen molar-refractivity contribution in [2.45, 2.75) is 13.8 Å². The first kappa shape index (κ1) is 15.3. The van der Waals surface area contributed by atoms with Crippen LogP contribution in [-0.4, -0.2) is 19.1 Å². The van der Waals surface area contributed by atoms with Crippen LogP contribution < -0.4 is 10.3 Å². The van der Waals surface area contributed by atoms with E-state index in [4.69, 9.17) is 9.83 Å². The van der Waals surface area contributed by atoms with Crippen LogP contribution in [0.25, 0.3) is 22.6 Å². The van der Waals surface area contributed by atoms with Crippen LogP contribution in [0.3, 0.4) is 0 Å². The summed E-state index contributed by atoms with van der Waals surface area (Å²) in [5.74, 6) is 0.654. The number of hydrogen-bond acceptors (Lipinski definition) is 4. The highest BCUT2D eigenvalue weighted by molar-refractivity contribution is 5.85. The molecule has 1 heterocycles. The van der Waals surface area contributed by atoms with Crippen molar-refractivity contribution in [2.75, 3.05) is 19.0 Å². The summed E-state index contributed by atoms with van der Waals surface area (Å²) >= 11 is 0. The van der Waals surface area contributed by atoms with Gasteiger partial charge in [-0.15, -0.1) is 12.4 Å². The molecule has 5 heteroatoms. The summed E-state index contributed by atoms with van der Waals surface area (Å²) in [5, 5.41) is 8.33. The molecule has 1 aliphatic carbocycles. The molecular formula is C16H18ClN3O. The first-order valence-corrected chi connectivity index (χ1v) is 6.53. The number of hydrogen-bond donors (Lipinski definition) is 1. The standard InChI is InChI=1S/C16H17N3O.ClH/c1-9-5-12-15(7-11(9)17)20-16-8-14(19(3)4)10(2)6-13(16)18-12;/h5-8,17H,1-4H3;1H. The number of nitrogens with one attached hydrogen (secondary N) is 1. The Bertz CT molecular complexity index is 839. The predicted molar refractivity (Wildman–Crippen MR) is 87.5 cm³/mol. The molecular weight excluding hydrogens is 286 g/mol. The van der Waals surface area contributed by atoms with Gasteiger partial charge in [0.05, 0.1) is 5.36 Å². The number of halogens is 1. The minimum Gasteiger partial charge on any atom is -0.453 e. The first-order valence-electron chi connectivity index (χ1n) is 6.53. The van der Waals surface area contributed by atoms with E-state index in [1.54, 1.807) is 6.07 Å². The van der Waals surface area contributed by atoms with E-state index in [1.165, 1.54) is 5.56 Å². The van der Waals surface area contributed by atoms with E-state index in [0.717, 1.165) is 28.0 Å². The second-order valence-electron chi connectivity index (χ2n) is 5.35. The zero-order chi connectivity index (χ0) is 14.4. The van der Waals surface area contributed by atoms with Crippen molar-refractivity contribution < 1.29 is 4.42 Å². The molecule has 1 aromatic carbocycles. The van der Waals surface area contributed by atoms with Gasteiger partial charge in [-0.1, -0.05) is 0 Å². The second kappa shape index (κ2) is 5.37. The average molecular weight is 304 g/mol. The Kier molecular flexibility index (Phi) is 3.92. The molecule has 0 unspecified atom stereocenters. The number of aromatic nitrogens is 1. The third-order valence-electron chi connectivity index (χ3n) is 3.53.